The molecule has 5 nitrogen and oxygen atoms in total. The summed E-state index contributed by atoms with van der Waals surface area (Å²) in [6.45, 7) is 0.396. The van der Waals surface area contributed by atoms with Gasteiger partial charge in [-0.15, -0.1) is 13.2 Å². The highest BCUT2D eigenvalue weighted by molar-refractivity contribution is 5.79. The van der Waals surface area contributed by atoms with Crippen molar-refractivity contribution in [1.29, 1.82) is 0 Å². The van der Waals surface area contributed by atoms with E-state index in [0.717, 1.165) is 22.6 Å². The van der Waals surface area contributed by atoms with Gasteiger partial charge in [0.1, 0.15) is 17.2 Å². The maximum Gasteiger partial charge on any atom is 0.573 e. The van der Waals surface area contributed by atoms with Gasteiger partial charge in [0, 0.05) is 18.2 Å². The number of alkyl halides is 3. The van der Waals surface area contributed by atoms with E-state index in [1.165, 1.54) is 12.1 Å². The molecule has 0 atom stereocenters. The highest BCUT2D eigenvalue weighted by Gasteiger charge is 2.32. The topological polar surface area (TPSA) is 48.0 Å². The third-order valence-corrected chi connectivity index (χ3v) is 5.54. The van der Waals surface area contributed by atoms with Crippen LogP contribution in [0.2, 0.25) is 0 Å². The molecule has 8 heteroatoms. The Hall–Kier alpha value is -3.68. The number of allylic oxidation sites excluding steroid dienone is 5. The third kappa shape index (κ3) is 5.81. The Morgan fingerprint density at radius 1 is 1.09 bits per heavy atom. The van der Waals surface area contributed by atoms with Crippen LogP contribution < -0.4 is 14.2 Å². The highest BCUT2D eigenvalue weighted by Crippen LogP contribution is 2.34. The Bertz CT molecular complexity index is 1130. The van der Waals surface area contributed by atoms with Gasteiger partial charge >= 0.3 is 6.36 Å². The molecule has 1 heterocycles. The number of hydrogen-bond donors (Lipinski definition) is 0. The van der Waals surface area contributed by atoms with Gasteiger partial charge in [-0.25, -0.2) is 0 Å². The summed E-state index contributed by atoms with van der Waals surface area (Å²) in [5, 5.41) is 0. The number of ether oxygens (including phenoxy) is 3. The highest BCUT2D eigenvalue weighted by atomic mass is 19.4. The third-order valence-electron chi connectivity index (χ3n) is 5.54. The summed E-state index contributed by atoms with van der Waals surface area (Å²) in [4.78, 5) is 15.0. The molecule has 178 valence electrons. The SMILES string of the molecule is COc1ccc(CN2C(=O)CCOc3cc(OC(F)(F)F)ccc3CC3=CCC=CC=C32)cc1. The summed E-state index contributed by atoms with van der Waals surface area (Å²) in [6.07, 6.45) is 4.16. The van der Waals surface area contributed by atoms with Gasteiger partial charge in [-0.3, -0.25) is 4.79 Å². The summed E-state index contributed by atoms with van der Waals surface area (Å²) in [5.74, 6) is 0.500. The maximum absolute atomic E-state index is 13.2. The second-order valence-electron chi connectivity index (χ2n) is 7.87. The van der Waals surface area contributed by atoms with E-state index in [4.69, 9.17) is 9.47 Å². The maximum atomic E-state index is 13.2. The summed E-state index contributed by atoms with van der Waals surface area (Å²) in [5.41, 5.74) is 3.31. The number of carbonyl (C=O) groups excluding carboxylic acids is 1. The minimum Gasteiger partial charge on any atom is -0.497 e. The van der Waals surface area contributed by atoms with E-state index in [9.17, 15) is 18.0 Å². The molecule has 1 amide bonds. The van der Waals surface area contributed by atoms with Gasteiger partial charge < -0.3 is 19.1 Å². The van der Waals surface area contributed by atoms with Crippen LogP contribution in [0.15, 0.2) is 78.0 Å². The van der Waals surface area contributed by atoms with E-state index in [1.807, 2.05) is 48.6 Å². The molecule has 0 spiro atoms. The first-order valence-electron chi connectivity index (χ1n) is 10.8. The van der Waals surface area contributed by atoms with Gasteiger partial charge in [0.25, 0.3) is 0 Å². The number of methoxy groups -OCH3 is 1. The Morgan fingerprint density at radius 2 is 1.85 bits per heavy atom. The molecule has 2 aliphatic rings. The molecule has 0 bridgehead atoms. The zero-order chi connectivity index (χ0) is 24.1. The van der Waals surface area contributed by atoms with E-state index >= 15 is 0 Å². The van der Waals surface area contributed by atoms with Crippen molar-refractivity contribution in [1.82, 2.24) is 4.90 Å². The van der Waals surface area contributed by atoms with Crippen LogP contribution in [0, 0.1) is 0 Å². The standard InChI is InChI=1S/C26H24F3NO4/c1-32-21-10-7-18(8-11-21)17-30-23-6-4-2-3-5-19(23)15-20-9-12-22(34-26(27,28)29)16-24(20)33-14-13-25(30)31/h2,4-12,16H,3,13-15,17H2,1H3. The van der Waals surface area contributed by atoms with Crippen LogP contribution in [0.1, 0.15) is 24.0 Å². The molecular weight excluding hydrogens is 447 g/mol. The number of halogens is 3. The number of nitrogens with zero attached hydrogens (tertiary/aromatic N) is 1. The first-order valence-corrected chi connectivity index (χ1v) is 10.8. The van der Waals surface area contributed by atoms with Crippen LogP contribution in [0.5, 0.6) is 17.2 Å². The average molecular weight is 471 g/mol. The molecule has 1 aliphatic carbocycles. The summed E-state index contributed by atoms with van der Waals surface area (Å²) in [6, 6.07) is 11.6. The summed E-state index contributed by atoms with van der Waals surface area (Å²) >= 11 is 0. The van der Waals surface area contributed by atoms with E-state index in [1.54, 1.807) is 18.1 Å². The van der Waals surface area contributed by atoms with Gasteiger partial charge in [0.15, 0.2) is 0 Å². The van der Waals surface area contributed by atoms with Crippen molar-refractivity contribution in [3.05, 3.63) is 89.2 Å². The lowest BCUT2D eigenvalue weighted by molar-refractivity contribution is -0.274. The largest absolute Gasteiger partial charge is 0.573 e. The van der Waals surface area contributed by atoms with Crippen LogP contribution in [0.3, 0.4) is 0 Å². The van der Waals surface area contributed by atoms with E-state index < -0.39 is 6.36 Å². The molecule has 0 aromatic heterocycles. The molecule has 0 radical (unpaired) electrons. The quantitative estimate of drug-likeness (QED) is 0.573. The van der Waals surface area contributed by atoms with Gasteiger partial charge in [-0.2, -0.15) is 0 Å². The molecular formula is C26H24F3NO4. The average Bonchev–Trinajstić information content (AvgIpc) is 3.03. The first kappa shape index (κ1) is 23.5. The lowest BCUT2D eigenvalue weighted by atomic mass is 9.98. The number of carbonyl (C=O) groups is 1. The molecule has 0 saturated heterocycles. The predicted molar refractivity (Wildman–Crippen MR) is 120 cm³/mol. The number of benzene rings is 2. The molecule has 2 aromatic carbocycles. The van der Waals surface area contributed by atoms with Crippen LogP contribution in [-0.4, -0.2) is 30.9 Å². The van der Waals surface area contributed by atoms with Gasteiger partial charge in [-0.1, -0.05) is 36.4 Å². The van der Waals surface area contributed by atoms with Gasteiger partial charge in [0.05, 0.1) is 26.7 Å². The van der Waals surface area contributed by atoms with Gasteiger partial charge in [-0.05, 0) is 47.4 Å². The Kier molecular flexibility index (Phi) is 6.95. The minimum atomic E-state index is -4.80. The zero-order valence-electron chi connectivity index (χ0n) is 18.6. The molecule has 0 N–H and O–H groups in total. The number of amides is 1. The van der Waals surface area contributed by atoms with Crippen LogP contribution in [0.4, 0.5) is 13.2 Å². The van der Waals surface area contributed by atoms with Crippen LogP contribution in [-0.2, 0) is 17.8 Å². The lowest BCUT2D eigenvalue weighted by Crippen LogP contribution is -2.32. The van der Waals surface area contributed by atoms with Crippen molar-refractivity contribution in [2.45, 2.75) is 32.2 Å². The second kappa shape index (κ2) is 10.1. The normalized spacial score (nSPS) is 16.4. The minimum absolute atomic E-state index is 0.0303. The summed E-state index contributed by atoms with van der Waals surface area (Å²) in [7, 11) is 1.60. The molecule has 4 rings (SSSR count). The first-order chi connectivity index (χ1) is 16.3. The van der Waals surface area contributed by atoms with Gasteiger partial charge in [0.2, 0.25) is 5.91 Å². The second-order valence-corrected chi connectivity index (χ2v) is 7.87. The summed E-state index contributed by atoms with van der Waals surface area (Å²) < 4.78 is 53.0. The van der Waals surface area contributed by atoms with E-state index in [-0.39, 0.29) is 30.4 Å². The zero-order valence-corrected chi connectivity index (χ0v) is 18.6. The fraction of sp³-hybridized carbons (Fsp3) is 0.269. The fourth-order valence-corrected chi connectivity index (χ4v) is 3.91. The molecule has 0 fully saturated rings. The molecule has 2 aromatic rings. The predicted octanol–water partition coefficient (Wildman–Crippen LogP) is 5.72. The van der Waals surface area contributed by atoms with Crippen molar-refractivity contribution >= 4 is 5.91 Å². The Morgan fingerprint density at radius 3 is 2.59 bits per heavy atom. The van der Waals surface area contributed by atoms with Crippen molar-refractivity contribution in [2.75, 3.05) is 13.7 Å². The number of fused-ring (bicyclic) bond motifs is 2. The van der Waals surface area contributed by atoms with E-state index in [2.05, 4.69) is 4.74 Å². The van der Waals surface area contributed by atoms with Crippen molar-refractivity contribution in [2.24, 2.45) is 0 Å². The Balaban J connectivity index is 1.67. The molecule has 1 aliphatic heterocycles. The van der Waals surface area contributed by atoms with Crippen molar-refractivity contribution < 1.29 is 32.2 Å². The molecule has 0 unspecified atom stereocenters. The number of hydrogen-bond acceptors (Lipinski definition) is 4. The Labute approximate surface area is 195 Å². The molecule has 0 saturated carbocycles. The monoisotopic (exact) mass is 471 g/mol. The lowest BCUT2D eigenvalue weighted by Gasteiger charge is -2.29. The number of rotatable bonds is 4. The molecule has 34 heavy (non-hydrogen) atoms. The van der Waals surface area contributed by atoms with Crippen molar-refractivity contribution in [3.8, 4) is 17.2 Å². The smallest absolute Gasteiger partial charge is 0.497 e. The van der Waals surface area contributed by atoms with Crippen LogP contribution >= 0.6 is 0 Å². The van der Waals surface area contributed by atoms with Crippen LogP contribution in [0.25, 0.3) is 0 Å². The van der Waals surface area contributed by atoms with E-state index in [0.29, 0.717) is 24.9 Å². The fourth-order valence-electron chi connectivity index (χ4n) is 3.91. The van der Waals surface area contributed by atoms with Crippen molar-refractivity contribution in [3.63, 3.8) is 0 Å².